The minimum Gasteiger partial charge on any atom is -0.385 e. The lowest BCUT2D eigenvalue weighted by Crippen LogP contribution is -2.24. The molecule has 0 saturated heterocycles. The second-order valence-corrected chi connectivity index (χ2v) is 5.62. The van der Waals surface area contributed by atoms with E-state index < -0.39 is 10.0 Å². The van der Waals surface area contributed by atoms with Crippen molar-refractivity contribution < 1.29 is 13.2 Å². The highest BCUT2D eigenvalue weighted by molar-refractivity contribution is 7.91. The first-order valence-corrected chi connectivity index (χ1v) is 6.55. The SMILES string of the molecule is COCCCNS(=O)(=O)c1cccs1. The second kappa shape index (κ2) is 5.45. The Morgan fingerprint density at radius 1 is 1.57 bits per heavy atom. The molecule has 0 radical (unpaired) electrons. The van der Waals surface area contributed by atoms with Crippen LogP contribution in [0.15, 0.2) is 21.7 Å². The molecule has 0 spiro atoms. The van der Waals surface area contributed by atoms with E-state index in [1.54, 1.807) is 24.6 Å². The fourth-order valence-corrected chi connectivity index (χ4v) is 3.02. The summed E-state index contributed by atoms with van der Waals surface area (Å²) in [5.41, 5.74) is 0. The molecule has 1 aromatic heterocycles. The van der Waals surface area contributed by atoms with Crippen LogP contribution < -0.4 is 4.72 Å². The van der Waals surface area contributed by atoms with Crippen LogP contribution in [0.25, 0.3) is 0 Å². The molecule has 0 aliphatic heterocycles. The summed E-state index contributed by atoms with van der Waals surface area (Å²) < 4.78 is 30.7. The largest absolute Gasteiger partial charge is 0.385 e. The van der Waals surface area contributed by atoms with Gasteiger partial charge < -0.3 is 4.74 Å². The molecule has 1 aromatic rings. The quantitative estimate of drug-likeness (QED) is 0.750. The number of thiophene rings is 1. The molecule has 0 aliphatic rings. The Kier molecular flexibility index (Phi) is 4.53. The maximum Gasteiger partial charge on any atom is 0.250 e. The van der Waals surface area contributed by atoms with Crippen LogP contribution in [0.4, 0.5) is 0 Å². The molecule has 4 nitrogen and oxygen atoms in total. The first-order chi connectivity index (χ1) is 6.67. The Balaban J connectivity index is 2.44. The van der Waals surface area contributed by atoms with E-state index in [0.717, 1.165) is 0 Å². The van der Waals surface area contributed by atoms with E-state index in [4.69, 9.17) is 4.74 Å². The molecule has 6 heteroatoms. The molecular formula is C8H13NO3S2. The van der Waals surface area contributed by atoms with Gasteiger partial charge >= 0.3 is 0 Å². The van der Waals surface area contributed by atoms with Crippen LogP contribution in [0.3, 0.4) is 0 Å². The third kappa shape index (κ3) is 3.38. The molecule has 80 valence electrons. The van der Waals surface area contributed by atoms with Crippen molar-refractivity contribution in [3.8, 4) is 0 Å². The number of hydrogen-bond acceptors (Lipinski definition) is 4. The summed E-state index contributed by atoms with van der Waals surface area (Å²) in [5.74, 6) is 0. The van der Waals surface area contributed by atoms with Crippen LogP contribution in [0.2, 0.25) is 0 Å². The molecule has 0 aromatic carbocycles. The number of ether oxygens (including phenoxy) is 1. The molecule has 14 heavy (non-hydrogen) atoms. The molecule has 0 atom stereocenters. The lowest BCUT2D eigenvalue weighted by atomic mass is 10.5. The van der Waals surface area contributed by atoms with Crippen molar-refractivity contribution in [3.05, 3.63) is 17.5 Å². The minimum atomic E-state index is -3.28. The van der Waals surface area contributed by atoms with Gasteiger partial charge in [-0.25, -0.2) is 13.1 Å². The third-order valence-electron chi connectivity index (χ3n) is 1.58. The predicted molar refractivity (Wildman–Crippen MR) is 56.0 cm³/mol. The van der Waals surface area contributed by atoms with E-state index in [2.05, 4.69) is 4.72 Å². The number of hydrogen-bond donors (Lipinski definition) is 1. The van der Waals surface area contributed by atoms with Gasteiger partial charge in [0.25, 0.3) is 0 Å². The number of methoxy groups -OCH3 is 1. The first kappa shape index (κ1) is 11.6. The molecule has 0 bridgehead atoms. The molecular weight excluding hydrogens is 222 g/mol. The van der Waals surface area contributed by atoms with Crippen molar-refractivity contribution in [2.45, 2.75) is 10.6 Å². The van der Waals surface area contributed by atoms with Gasteiger partial charge in [-0.15, -0.1) is 11.3 Å². The Hall–Kier alpha value is -0.430. The van der Waals surface area contributed by atoms with Gasteiger partial charge in [0.15, 0.2) is 0 Å². The number of sulfonamides is 1. The molecule has 0 aliphatic carbocycles. The minimum absolute atomic E-state index is 0.356. The fourth-order valence-electron chi connectivity index (χ4n) is 0.911. The molecule has 1 heterocycles. The molecule has 0 saturated carbocycles. The Bertz CT molecular complexity index is 345. The van der Waals surface area contributed by atoms with E-state index in [0.29, 0.717) is 23.8 Å². The lowest BCUT2D eigenvalue weighted by Gasteiger charge is -2.03. The van der Waals surface area contributed by atoms with Crippen molar-refractivity contribution in [2.75, 3.05) is 20.3 Å². The highest BCUT2D eigenvalue weighted by Gasteiger charge is 2.13. The third-order valence-corrected chi connectivity index (χ3v) is 4.44. The zero-order valence-electron chi connectivity index (χ0n) is 7.89. The van der Waals surface area contributed by atoms with E-state index in [9.17, 15) is 8.42 Å². The molecule has 1 N–H and O–H groups in total. The summed E-state index contributed by atoms with van der Waals surface area (Å²) in [6, 6.07) is 3.30. The zero-order chi connectivity index (χ0) is 10.4. The van der Waals surface area contributed by atoms with Crippen molar-refractivity contribution >= 4 is 21.4 Å². The number of nitrogens with one attached hydrogen (secondary N) is 1. The highest BCUT2D eigenvalue weighted by atomic mass is 32.2. The molecule has 0 amide bonds. The fraction of sp³-hybridized carbons (Fsp3) is 0.500. The zero-order valence-corrected chi connectivity index (χ0v) is 9.53. The Morgan fingerprint density at radius 2 is 2.36 bits per heavy atom. The maximum absolute atomic E-state index is 11.5. The summed E-state index contributed by atoms with van der Waals surface area (Å²) in [5, 5.41) is 1.74. The van der Waals surface area contributed by atoms with E-state index >= 15 is 0 Å². The normalized spacial score (nSPS) is 11.8. The first-order valence-electron chi connectivity index (χ1n) is 4.19. The van der Waals surface area contributed by atoms with Crippen molar-refractivity contribution in [3.63, 3.8) is 0 Å². The van der Waals surface area contributed by atoms with Gasteiger partial charge in [0.2, 0.25) is 10.0 Å². The second-order valence-electron chi connectivity index (χ2n) is 2.68. The van der Waals surface area contributed by atoms with Crippen LogP contribution in [0, 0.1) is 0 Å². The van der Waals surface area contributed by atoms with Gasteiger partial charge in [0, 0.05) is 20.3 Å². The van der Waals surface area contributed by atoms with Gasteiger partial charge in [-0.05, 0) is 17.9 Å². The molecule has 0 fully saturated rings. The Morgan fingerprint density at radius 3 is 2.93 bits per heavy atom. The van der Waals surface area contributed by atoms with Gasteiger partial charge in [0.05, 0.1) is 0 Å². The smallest absolute Gasteiger partial charge is 0.250 e. The van der Waals surface area contributed by atoms with Gasteiger partial charge in [-0.1, -0.05) is 6.07 Å². The standard InChI is InChI=1S/C8H13NO3S2/c1-12-6-3-5-9-14(10,11)8-4-2-7-13-8/h2,4,7,9H,3,5-6H2,1H3. The molecule has 1 rings (SSSR count). The average Bonchev–Trinajstić information content (AvgIpc) is 2.65. The predicted octanol–water partition coefficient (Wildman–Crippen LogP) is 1.06. The van der Waals surface area contributed by atoms with E-state index in [1.165, 1.54) is 11.3 Å². The van der Waals surface area contributed by atoms with Gasteiger partial charge in [-0.3, -0.25) is 0 Å². The van der Waals surface area contributed by atoms with Crippen LogP contribution in [-0.4, -0.2) is 28.7 Å². The van der Waals surface area contributed by atoms with E-state index in [1.807, 2.05) is 0 Å². The van der Waals surface area contributed by atoms with E-state index in [-0.39, 0.29) is 0 Å². The Labute approximate surface area is 88.0 Å². The van der Waals surface area contributed by atoms with Crippen LogP contribution in [0.1, 0.15) is 6.42 Å². The average molecular weight is 235 g/mol. The van der Waals surface area contributed by atoms with Gasteiger partial charge in [0.1, 0.15) is 4.21 Å². The summed E-state index contributed by atoms with van der Waals surface area (Å²) in [6.07, 6.45) is 0.682. The highest BCUT2D eigenvalue weighted by Crippen LogP contribution is 2.14. The lowest BCUT2D eigenvalue weighted by molar-refractivity contribution is 0.196. The summed E-state index contributed by atoms with van der Waals surface area (Å²) >= 11 is 1.21. The summed E-state index contributed by atoms with van der Waals surface area (Å²) in [6.45, 7) is 0.973. The molecule has 0 unspecified atom stereocenters. The van der Waals surface area contributed by atoms with Crippen molar-refractivity contribution in [2.24, 2.45) is 0 Å². The maximum atomic E-state index is 11.5. The van der Waals surface area contributed by atoms with Crippen molar-refractivity contribution in [1.82, 2.24) is 4.72 Å². The van der Waals surface area contributed by atoms with Crippen LogP contribution in [0.5, 0.6) is 0 Å². The monoisotopic (exact) mass is 235 g/mol. The summed E-state index contributed by atoms with van der Waals surface area (Å²) in [7, 11) is -1.69. The topological polar surface area (TPSA) is 55.4 Å². The number of rotatable bonds is 6. The van der Waals surface area contributed by atoms with Crippen LogP contribution in [-0.2, 0) is 14.8 Å². The summed E-state index contributed by atoms with van der Waals surface area (Å²) in [4.78, 5) is 0. The van der Waals surface area contributed by atoms with Gasteiger partial charge in [-0.2, -0.15) is 0 Å². The van der Waals surface area contributed by atoms with Crippen molar-refractivity contribution in [1.29, 1.82) is 0 Å². The van der Waals surface area contributed by atoms with Crippen LogP contribution >= 0.6 is 11.3 Å².